The molecule has 1 saturated carbocycles. The standard InChI is InChI=1S/C26H26N6O3S/c1-31(19-6-7-19)21-14-22(16-27-15-21)36(34,35)30-26(33)29-25-23-4-2-3-17(23)5-8-24(25)18-10-12-32-20(13-18)9-11-28-32/h5,8-16,19H,2-4,6-7H2,1H3,(H2,29,30,33). The van der Waals surface area contributed by atoms with Gasteiger partial charge in [-0.1, -0.05) is 12.1 Å². The van der Waals surface area contributed by atoms with Crippen LogP contribution < -0.4 is 14.9 Å². The molecule has 0 spiro atoms. The molecular formula is C26H26N6O3S. The minimum atomic E-state index is -4.12. The highest BCUT2D eigenvalue weighted by molar-refractivity contribution is 7.90. The van der Waals surface area contributed by atoms with Gasteiger partial charge in [-0.15, -0.1) is 0 Å². The van der Waals surface area contributed by atoms with Gasteiger partial charge in [-0.05, 0) is 73.1 Å². The van der Waals surface area contributed by atoms with Crippen molar-refractivity contribution in [2.75, 3.05) is 17.3 Å². The van der Waals surface area contributed by atoms with E-state index in [2.05, 4.69) is 26.2 Å². The van der Waals surface area contributed by atoms with Gasteiger partial charge in [0.25, 0.3) is 10.0 Å². The molecule has 0 bridgehead atoms. The SMILES string of the molecule is CN(c1cncc(S(=O)(=O)NC(=O)Nc2c(-c3ccn4nccc4c3)ccc3c2CCC3)c1)C1CC1. The Morgan fingerprint density at radius 2 is 1.97 bits per heavy atom. The lowest BCUT2D eigenvalue weighted by atomic mass is 9.97. The smallest absolute Gasteiger partial charge is 0.333 e. The number of carbonyl (C=O) groups is 1. The predicted octanol–water partition coefficient (Wildman–Crippen LogP) is 3.99. The summed E-state index contributed by atoms with van der Waals surface area (Å²) in [6.45, 7) is 0. The van der Waals surface area contributed by atoms with E-state index in [9.17, 15) is 13.2 Å². The van der Waals surface area contributed by atoms with Gasteiger partial charge in [0.2, 0.25) is 0 Å². The van der Waals surface area contributed by atoms with Crippen LogP contribution in [0.1, 0.15) is 30.4 Å². The van der Waals surface area contributed by atoms with Gasteiger partial charge in [0.1, 0.15) is 4.90 Å². The second kappa shape index (κ2) is 8.63. The number of carbonyl (C=O) groups excluding carboxylic acids is 1. The molecule has 0 atom stereocenters. The lowest BCUT2D eigenvalue weighted by Gasteiger charge is -2.19. The largest absolute Gasteiger partial charge is 0.370 e. The summed E-state index contributed by atoms with van der Waals surface area (Å²) in [5.74, 6) is 0. The minimum absolute atomic E-state index is 0.0488. The summed E-state index contributed by atoms with van der Waals surface area (Å²) in [6, 6.07) is 11.1. The first-order valence-corrected chi connectivity index (χ1v) is 13.5. The lowest BCUT2D eigenvalue weighted by Crippen LogP contribution is -2.35. The van der Waals surface area contributed by atoms with Crippen LogP contribution in [0.15, 0.2) is 66.1 Å². The van der Waals surface area contributed by atoms with Gasteiger partial charge in [-0.25, -0.2) is 22.4 Å². The van der Waals surface area contributed by atoms with E-state index in [1.165, 1.54) is 11.8 Å². The number of amides is 2. The van der Waals surface area contributed by atoms with Gasteiger partial charge < -0.3 is 10.2 Å². The summed E-state index contributed by atoms with van der Waals surface area (Å²) < 4.78 is 30.1. The lowest BCUT2D eigenvalue weighted by molar-refractivity contribution is 0.256. The highest BCUT2D eigenvalue weighted by Gasteiger charge is 2.28. The average Bonchev–Trinajstić information content (AvgIpc) is 3.41. The monoisotopic (exact) mass is 502 g/mol. The maximum absolute atomic E-state index is 13.1. The van der Waals surface area contributed by atoms with Crippen LogP contribution in [0.4, 0.5) is 16.2 Å². The van der Waals surface area contributed by atoms with E-state index in [-0.39, 0.29) is 4.90 Å². The Morgan fingerprint density at radius 3 is 2.81 bits per heavy atom. The van der Waals surface area contributed by atoms with Crippen molar-refractivity contribution in [3.05, 3.63) is 72.3 Å². The zero-order chi connectivity index (χ0) is 24.9. The molecule has 9 nitrogen and oxygen atoms in total. The highest BCUT2D eigenvalue weighted by atomic mass is 32.2. The molecule has 3 aromatic heterocycles. The normalized spacial score (nSPS) is 15.0. The van der Waals surface area contributed by atoms with Crippen molar-refractivity contribution in [3.8, 4) is 11.1 Å². The van der Waals surface area contributed by atoms with E-state index < -0.39 is 16.1 Å². The molecule has 0 unspecified atom stereocenters. The predicted molar refractivity (Wildman–Crippen MR) is 138 cm³/mol. The number of benzene rings is 1. The number of hydrogen-bond acceptors (Lipinski definition) is 6. The first-order valence-electron chi connectivity index (χ1n) is 12.0. The van der Waals surface area contributed by atoms with Crippen LogP contribution in [0.5, 0.6) is 0 Å². The molecule has 1 fully saturated rings. The topological polar surface area (TPSA) is 109 Å². The number of aromatic nitrogens is 3. The molecule has 2 aliphatic rings. The summed E-state index contributed by atoms with van der Waals surface area (Å²) in [4.78, 5) is 19.1. The number of hydrogen-bond donors (Lipinski definition) is 2. The molecule has 10 heteroatoms. The van der Waals surface area contributed by atoms with E-state index in [4.69, 9.17) is 0 Å². The molecular weight excluding hydrogens is 476 g/mol. The van der Waals surface area contributed by atoms with Crippen LogP contribution in [0.25, 0.3) is 16.6 Å². The fraction of sp³-hybridized carbons (Fsp3) is 0.269. The summed E-state index contributed by atoms with van der Waals surface area (Å²) in [6.07, 6.45) is 11.4. The fourth-order valence-electron chi connectivity index (χ4n) is 4.88. The Bertz CT molecular complexity index is 1590. The van der Waals surface area contributed by atoms with Gasteiger partial charge in [-0.3, -0.25) is 4.98 Å². The minimum Gasteiger partial charge on any atom is -0.370 e. The van der Waals surface area contributed by atoms with Crippen LogP contribution in [-0.2, 0) is 22.9 Å². The van der Waals surface area contributed by atoms with Crippen LogP contribution in [0.3, 0.4) is 0 Å². The van der Waals surface area contributed by atoms with Crippen molar-refractivity contribution < 1.29 is 13.2 Å². The van der Waals surface area contributed by atoms with E-state index >= 15 is 0 Å². The molecule has 36 heavy (non-hydrogen) atoms. The van der Waals surface area contributed by atoms with E-state index in [1.54, 1.807) is 23.0 Å². The molecule has 1 aromatic carbocycles. The zero-order valence-electron chi connectivity index (χ0n) is 19.8. The third-order valence-corrected chi connectivity index (χ3v) is 8.27. The summed E-state index contributed by atoms with van der Waals surface area (Å²) in [7, 11) is -2.20. The Labute approximate surface area is 209 Å². The second-order valence-corrected chi connectivity index (χ2v) is 11.1. The fourth-order valence-corrected chi connectivity index (χ4v) is 5.77. The van der Waals surface area contributed by atoms with Crippen molar-refractivity contribution in [3.63, 3.8) is 0 Å². The van der Waals surface area contributed by atoms with Gasteiger partial charge >= 0.3 is 6.03 Å². The molecule has 6 rings (SSSR count). The Hall–Kier alpha value is -3.92. The van der Waals surface area contributed by atoms with Gasteiger partial charge in [-0.2, -0.15) is 5.10 Å². The number of pyridine rings is 2. The zero-order valence-corrected chi connectivity index (χ0v) is 20.6. The molecule has 0 aliphatic heterocycles. The van der Waals surface area contributed by atoms with Gasteiger partial charge in [0.05, 0.1) is 23.1 Å². The summed E-state index contributed by atoms with van der Waals surface area (Å²) in [5.41, 5.74) is 6.23. The van der Waals surface area contributed by atoms with Crippen molar-refractivity contribution in [2.24, 2.45) is 0 Å². The van der Waals surface area contributed by atoms with Crippen LogP contribution in [-0.4, -0.2) is 42.1 Å². The summed E-state index contributed by atoms with van der Waals surface area (Å²) >= 11 is 0. The molecule has 184 valence electrons. The molecule has 2 amide bonds. The van der Waals surface area contributed by atoms with Crippen LogP contribution in [0, 0.1) is 0 Å². The molecule has 4 aromatic rings. The number of sulfonamides is 1. The van der Waals surface area contributed by atoms with Crippen LogP contribution >= 0.6 is 0 Å². The molecule has 3 heterocycles. The van der Waals surface area contributed by atoms with Crippen molar-refractivity contribution >= 4 is 32.9 Å². The second-order valence-electron chi connectivity index (χ2n) is 9.38. The first kappa shape index (κ1) is 22.5. The Kier molecular flexibility index (Phi) is 5.40. The average molecular weight is 503 g/mol. The Morgan fingerprint density at radius 1 is 1.11 bits per heavy atom. The number of rotatable bonds is 6. The van der Waals surface area contributed by atoms with Crippen molar-refractivity contribution in [2.45, 2.75) is 43.0 Å². The highest BCUT2D eigenvalue weighted by Crippen LogP contribution is 2.38. The van der Waals surface area contributed by atoms with E-state index in [1.807, 2.05) is 42.4 Å². The molecule has 2 aliphatic carbocycles. The number of urea groups is 1. The molecule has 2 N–H and O–H groups in total. The molecule has 0 saturated heterocycles. The van der Waals surface area contributed by atoms with Gasteiger partial charge in [0.15, 0.2) is 0 Å². The number of aryl methyl sites for hydroxylation is 1. The molecule has 0 radical (unpaired) electrons. The maximum Gasteiger partial charge on any atom is 0.333 e. The first-order chi connectivity index (χ1) is 17.4. The number of nitrogens with one attached hydrogen (secondary N) is 2. The third kappa shape index (κ3) is 4.17. The van der Waals surface area contributed by atoms with E-state index in [0.717, 1.165) is 54.3 Å². The van der Waals surface area contributed by atoms with Crippen LogP contribution in [0.2, 0.25) is 0 Å². The van der Waals surface area contributed by atoms with E-state index in [0.29, 0.717) is 17.4 Å². The number of fused-ring (bicyclic) bond motifs is 2. The van der Waals surface area contributed by atoms with Gasteiger partial charge in [0, 0.05) is 37.2 Å². The Balaban J connectivity index is 1.29. The van der Waals surface area contributed by atoms with Crippen molar-refractivity contribution in [1.82, 2.24) is 19.3 Å². The number of anilines is 2. The van der Waals surface area contributed by atoms with Crippen molar-refractivity contribution in [1.29, 1.82) is 0 Å². The number of nitrogens with zero attached hydrogens (tertiary/aromatic N) is 4. The maximum atomic E-state index is 13.1. The quantitative estimate of drug-likeness (QED) is 0.413. The summed E-state index contributed by atoms with van der Waals surface area (Å²) in [5, 5.41) is 7.10. The third-order valence-electron chi connectivity index (χ3n) is 6.97.